The van der Waals surface area contributed by atoms with Gasteiger partial charge in [-0.25, -0.2) is 0 Å². The second-order valence-corrected chi connectivity index (χ2v) is 4.39. The Balaban J connectivity index is 2.49. The van der Waals surface area contributed by atoms with Crippen molar-refractivity contribution in [3.63, 3.8) is 0 Å². The molecule has 4 nitrogen and oxygen atoms in total. The molecule has 0 amide bonds. The summed E-state index contributed by atoms with van der Waals surface area (Å²) in [6, 6.07) is 5.45. The summed E-state index contributed by atoms with van der Waals surface area (Å²) >= 11 is 1.55. The highest BCUT2D eigenvalue weighted by atomic mass is 32.2. The van der Waals surface area contributed by atoms with Crippen LogP contribution in [0.1, 0.15) is 12.8 Å². The van der Waals surface area contributed by atoms with Gasteiger partial charge >= 0.3 is 5.97 Å². The smallest absolute Gasteiger partial charge is 0.303 e. The van der Waals surface area contributed by atoms with Crippen LogP contribution in [0.4, 0.5) is 5.69 Å². The SMILES string of the molecule is COc1ccc(N)c(SCCCC(=O)O)c1. The Morgan fingerprint density at radius 1 is 1.56 bits per heavy atom. The molecule has 0 bridgehead atoms. The predicted octanol–water partition coefficient (Wildman–Crippen LogP) is 2.23. The molecule has 88 valence electrons. The Morgan fingerprint density at radius 3 is 2.94 bits per heavy atom. The van der Waals surface area contributed by atoms with Crippen LogP contribution in [0, 0.1) is 0 Å². The van der Waals surface area contributed by atoms with Crippen molar-refractivity contribution in [2.24, 2.45) is 0 Å². The predicted molar refractivity (Wildman–Crippen MR) is 65.0 cm³/mol. The first-order valence-corrected chi connectivity index (χ1v) is 5.90. The average Bonchev–Trinajstić information content (AvgIpc) is 2.26. The number of methoxy groups -OCH3 is 1. The molecule has 0 fully saturated rings. The molecule has 0 aromatic heterocycles. The molecule has 0 unspecified atom stereocenters. The van der Waals surface area contributed by atoms with Crippen LogP contribution < -0.4 is 10.5 Å². The molecule has 0 atom stereocenters. The minimum absolute atomic E-state index is 0.191. The number of thioether (sulfide) groups is 1. The summed E-state index contributed by atoms with van der Waals surface area (Å²) in [5.74, 6) is 0.734. The van der Waals surface area contributed by atoms with Gasteiger partial charge < -0.3 is 15.6 Å². The number of carbonyl (C=O) groups is 1. The van der Waals surface area contributed by atoms with Crippen LogP contribution >= 0.6 is 11.8 Å². The lowest BCUT2D eigenvalue weighted by atomic mass is 10.3. The van der Waals surface area contributed by atoms with Crippen molar-refractivity contribution in [2.45, 2.75) is 17.7 Å². The second kappa shape index (κ2) is 6.27. The lowest BCUT2D eigenvalue weighted by Gasteiger charge is -2.07. The third kappa shape index (κ3) is 4.02. The van der Waals surface area contributed by atoms with E-state index in [2.05, 4.69) is 0 Å². The van der Waals surface area contributed by atoms with E-state index in [1.54, 1.807) is 31.0 Å². The van der Waals surface area contributed by atoms with E-state index >= 15 is 0 Å². The molecule has 16 heavy (non-hydrogen) atoms. The van der Waals surface area contributed by atoms with Crippen molar-refractivity contribution in [2.75, 3.05) is 18.6 Å². The number of ether oxygens (including phenoxy) is 1. The molecule has 1 rings (SSSR count). The second-order valence-electron chi connectivity index (χ2n) is 3.25. The molecule has 0 aliphatic heterocycles. The molecule has 1 aromatic carbocycles. The lowest BCUT2D eigenvalue weighted by molar-refractivity contribution is -0.137. The fourth-order valence-electron chi connectivity index (χ4n) is 1.17. The van der Waals surface area contributed by atoms with E-state index in [1.807, 2.05) is 6.07 Å². The van der Waals surface area contributed by atoms with Crippen molar-refractivity contribution < 1.29 is 14.6 Å². The zero-order chi connectivity index (χ0) is 12.0. The number of hydrogen-bond acceptors (Lipinski definition) is 4. The molecule has 0 radical (unpaired) electrons. The summed E-state index contributed by atoms with van der Waals surface area (Å²) in [5.41, 5.74) is 6.49. The van der Waals surface area contributed by atoms with E-state index in [1.165, 1.54) is 0 Å². The molecule has 0 saturated heterocycles. The Bertz CT molecular complexity index is 368. The molecular formula is C11H15NO3S. The van der Waals surface area contributed by atoms with Crippen LogP contribution in [0.3, 0.4) is 0 Å². The maximum Gasteiger partial charge on any atom is 0.303 e. The highest BCUT2D eigenvalue weighted by Gasteiger charge is 2.03. The number of nitrogen functional groups attached to an aromatic ring is 1. The third-order valence-electron chi connectivity index (χ3n) is 2.01. The van der Waals surface area contributed by atoms with E-state index in [0.29, 0.717) is 12.1 Å². The van der Waals surface area contributed by atoms with Crippen molar-refractivity contribution in [1.82, 2.24) is 0 Å². The number of nitrogens with two attached hydrogens (primary N) is 1. The molecule has 0 spiro atoms. The van der Waals surface area contributed by atoms with Crippen molar-refractivity contribution in [3.05, 3.63) is 18.2 Å². The topological polar surface area (TPSA) is 72.5 Å². The van der Waals surface area contributed by atoms with Gasteiger partial charge in [-0.15, -0.1) is 11.8 Å². The van der Waals surface area contributed by atoms with Gasteiger partial charge in [-0.05, 0) is 30.4 Å². The summed E-state index contributed by atoms with van der Waals surface area (Å²) in [6.45, 7) is 0. The van der Waals surface area contributed by atoms with Crippen LogP contribution in [0.25, 0.3) is 0 Å². The van der Waals surface area contributed by atoms with Crippen LogP contribution in [-0.4, -0.2) is 23.9 Å². The van der Waals surface area contributed by atoms with Crippen LogP contribution in [0.2, 0.25) is 0 Å². The Morgan fingerprint density at radius 2 is 2.31 bits per heavy atom. The number of anilines is 1. The zero-order valence-corrected chi connectivity index (χ0v) is 9.92. The standard InChI is InChI=1S/C11H15NO3S/c1-15-8-4-5-9(12)10(7-8)16-6-2-3-11(13)14/h4-5,7H,2-3,6,12H2,1H3,(H,13,14). The lowest BCUT2D eigenvalue weighted by Crippen LogP contribution is -1.96. The molecule has 0 saturated carbocycles. The number of benzene rings is 1. The molecule has 0 heterocycles. The monoisotopic (exact) mass is 241 g/mol. The van der Waals surface area contributed by atoms with Crippen LogP contribution in [0.5, 0.6) is 5.75 Å². The summed E-state index contributed by atoms with van der Waals surface area (Å²) in [4.78, 5) is 11.3. The van der Waals surface area contributed by atoms with E-state index in [0.717, 1.165) is 16.4 Å². The van der Waals surface area contributed by atoms with Crippen LogP contribution in [-0.2, 0) is 4.79 Å². The van der Waals surface area contributed by atoms with E-state index in [-0.39, 0.29) is 6.42 Å². The van der Waals surface area contributed by atoms with Gasteiger partial charge in [0.1, 0.15) is 5.75 Å². The molecule has 0 aliphatic rings. The molecule has 0 aliphatic carbocycles. The maximum absolute atomic E-state index is 10.3. The fourth-order valence-corrected chi connectivity index (χ4v) is 2.11. The van der Waals surface area contributed by atoms with Crippen molar-refractivity contribution in [3.8, 4) is 5.75 Å². The van der Waals surface area contributed by atoms with Gasteiger partial charge in [-0.2, -0.15) is 0 Å². The Labute approximate surface area is 98.8 Å². The fraction of sp³-hybridized carbons (Fsp3) is 0.364. The van der Waals surface area contributed by atoms with Gasteiger partial charge in [0.05, 0.1) is 7.11 Å². The zero-order valence-electron chi connectivity index (χ0n) is 9.10. The maximum atomic E-state index is 10.3. The third-order valence-corrected chi connectivity index (χ3v) is 3.17. The highest BCUT2D eigenvalue weighted by Crippen LogP contribution is 2.29. The Hall–Kier alpha value is -1.36. The van der Waals surface area contributed by atoms with Gasteiger partial charge in [0.2, 0.25) is 0 Å². The number of aliphatic carboxylic acids is 1. The first kappa shape index (κ1) is 12.7. The van der Waals surface area contributed by atoms with Gasteiger partial charge in [0.25, 0.3) is 0 Å². The number of carboxylic acids is 1. The molecule has 1 aromatic rings. The molecule has 3 N–H and O–H groups in total. The summed E-state index contributed by atoms with van der Waals surface area (Å²) < 4.78 is 5.09. The summed E-state index contributed by atoms with van der Waals surface area (Å²) in [5, 5.41) is 8.49. The number of rotatable bonds is 6. The van der Waals surface area contributed by atoms with Gasteiger partial charge in [-0.1, -0.05) is 0 Å². The highest BCUT2D eigenvalue weighted by molar-refractivity contribution is 7.99. The molecule has 5 heteroatoms. The van der Waals surface area contributed by atoms with Gasteiger partial charge in [-0.3, -0.25) is 4.79 Å². The summed E-state index contributed by atoms with van der Waals surface area (Å²) in [6.07, 6.45) is 0.827. The molecular weight excluding hydrogens is 226 g/mol. The van der Waals surface area contributed by atoms with Crippen molar-refractivity contribution in [1.29, 1.82) is 0 Å². The Kier molecular flexibility index (Phi) is 4.98. The van der Waals surface area contributed by atoms with E-state index in [4.69, 9.17) is 15.6 Å². The largest absolute Gasteiger partial charge is 0.497 e. The van der Waals surface area contributed by atoms with Gasteiger partial charge in [0.15, 0.2) is 0 Å². The van der Waals surface area contributed by atoms with Crippen molar-refractivity contribution >= 4 is 23.4 Å². The number of carboxylic acid groups (broad SMARTS) is 1. The minimum atomic E-state index is -0.765. The quantitative estimate of drug-likeness (QED) is 0.454. The van der Waals surface area contributed by atoms with E-state index in [9.17, 15) is 4.79 Å². The first-order valence-electron chi connectivity index (χ1n) is 4.91. The minimum Gasteiger partial charge on any atom is -0.497 e. The average molecular weight is 241 g/mol. The first-order chi connectivity index (χ1) is 7.63. The normalized spacial score (nSPS) is 10.1. The number of hydrogen-bond donors (Lipinski definition) is 2. The van der Waals surface area contributed by atoms with Crippen LogP contribution in [0.15, 0.2) is 23.1 Å². The van der Waals surface area contributed by atoms with E-state index < -0.39 is 5.97 Å². The van der Waals surface area contributed by atoms with Gasteiger partial charge in [0, 0.05) is 17.0 Å². The summed E-state index contributed by atoms with van der Waals surface area (Å²) in [7, 11) is 1.60.